The highest BCUT2D eigenvalue weighted by Gasteiger charge is 2.06. The van der Waals surface area contributed by atoms with E-state index < -0.39 is 0 Å². The molecule has 1 amide bonds. The monoisotopic (exact) mass is 424 g/mol. The molecule has 0 fully saturated rings. The first-order valence-electron chi connectivity index (χ1n) is 10.5. The van der Waals surface area contributed by atoms with Crippen LogP contribution in [0.2, 0.25) is 0 Å². The molecule has 7 nitrogen and oxygen atoms in total. The van der Waals surface area contributed by atoms with E-state index in [1.807, 2.05) is 60.0 Å². The molecule has 0 atom stereocenters. The van der Waals surface area contributed by atoms with Crippen molar-refractivity contribution in [2.45, 2.75) is 41.5 Å². The van der Waals surface area contributed by atoms with Gasteiger partial charge in [-0.25, -0.2) is 4.98 Å². The summed E-state index contributed by atoms with van der Waals surface area (Å²) >= 11 is 0. The van der Waals surface area contributed by atoms with E-state index in [4.69, 9.17) is 0 Å². The molecule has 3 rings (SSSR count). The molecule has 0 spiro atoms. The summed E-state index contributed by atoms with van der Waals surface area (Å²) in [5.41, 5.74) is 4.82. The summed E-state index contributed by atoms with van der Waals surface area (Å²) in [6.07, 6.45) is 9.55. The number of hydrogen-bond donors (Lipinski definition) is 2. The number of hydrogen-bond acceptors (Lipinski definition) is 4. The number of amides is 1. The van der Waals surface area contributed by atoms with Gasteiger partial charge in [0.15, 0.2) is 0 Å². The molecule has 7 heteroatoms. The van der Waals surface area contributed by atoms with Gasteiger partial charge in [0, 0.05) is 36.1 Å². The normalized spacial score (nSPS) is 9.90. The quantitative estimate of drug-likeness (QED) is 0.420. The summed E-state index contributed by atoms with van der Waals surface area (Å²) in [6, 6.07) is 6.26. The number of aliphatic imine (C=N–C) groups is 1. The second kappa shape index (κ2) is 16.3. The number of nitrogens with one attached hydrogen (secondary N) is 2. The number of H-pyrrole nitrogens is 1. The number of nitrogens with zero attached hydrogens (tertiary/aromatic N) is 4. The average Bonchev–Trinajstić information content (AvgIpc) is 3.44. The summed E-state index contributed by atoms with van der Waals surface area (Å²) < 4.78 is 2.10. The largest absolute Gasteiger partial charge is 0.353 e. The Morgan fingerprint density at radius 2 is 2.00 bits per heavy atom. The van der Waals surface area contributed by atoms with Crippen molar-refractivity contribution in [3.63, 3.8) is 0 Å². The predicted octanol–water partition coefficient (Wildman–Crippen LogP) is 5.22. The Morgan fingerprint density at radius 3 is 2.58 bits per heavy atom. The minimum atomic E-state index is 0.400. The van der Waals surface area contributed by atoms with Crippen LogP contribution in [0.5, 0.6) is 0 Å². The van der Waals surface area contributed by atoms with Crippen molar-refractivity contribution in [1.29, 1.82) is 0 Å². The van der Waals surface area contributed by atoms with Crippen LogP contribution in [0.15, 0.2) is 60.0 Å². The van der Waals surface area contributed by atoms with Crippen LogP contribution in [0.25, 0.3) is 22.3 Å². The molecule has 0 aliphatic heterocycles. The molecule has 168 valence electrons. The zero-order valence-electron chi connectivity index (χ0n) is 19.8. The SMILES string of the molecule is C=C(CNC=O)N=C/C=C\C.CC.CC.Cc1cc2ccc(-c3cn[nH]c3)nc2n1C. The lowest BCUT2D eigenvalue weighted by Crippen LogP contribution is -2.12. The smallest absolute Gasteiger partial charge is 0.207 e. The van der Waals surface area contributed by atoms with Gasteiger partial charge in [-0.2, -0.15) is 5.10 Å². The van der Waals surface area contributed by atoms with E-state index in [2.05, 4.69) is 55.7 Å². The number of aromatic amines is 1. The van der Waals surface area contributed by atoms with Gasteiger partial charge in [-0.05, 0) is 38.1 Å². The number of aryl methyl sites for hydroxylation is 2. The van der Waals surface area contributed by atoms with Crippen LogP contribution in [0.3, 0.4) is 0 Å². The minimum Gasteiger partial charge on any atom is -0.353 e. The first-order valence-corrected chi connectivity index (χ1v) is 10.5. The van der Waals surface area contributed by atoms with Crippen molar-refractivity contribution < 1.29 is 4.79 Å². The molecule has 3 aromatic heterocycles. The topological polar surface area (TPSA) is 88.0 Å². The molecule has 0 aliphatic rings. The summed E-state index contributed by atoms with van der Waals surface area (Å²) in [6.45, 7) is 16.0. The lowest BCUT2D eigenvalue weighted by Gasteiger charge is -2.00. The second-order valence-electron chi connectivity index (χ2n) is 5.81. The van der Waals surface area contributed by atoms with Crippen LogP contribution in [-0.2, 0) is 11.8 Å². The molecule has 2 N–H and O–H groups in total. The van der Waals surface area contributed by atoms with Gasteiger partial charge in [0.25, 0.3) is 0 Å². The number of allylic oxidation sites excluding steroid dienone is 2. The third kappa shape index (κ3) is 9.25. The number of aromatic nitrogens is 4. The van der Waals surface area contributed by atoms with Crippen molar-refractivity contribution in [3.05, 3.63) is 60.7 Å². The van der Waals surface area contributed by atoms with E-state index in [0.29, 0.717) is 18.7 Å². The highest BCUT2D eigenvalue weighted by atomic mass is 16.1. The molecule has 0 aromatic carbocycles. The van der Waals surface area contributed by atoms with E-state index in [1.165, 1.54) is 11.1 Å². The van der Waals surface area contributed by atoms with Gasteiger partial charge in [-0.1, -0.05) is 40.3 Å². The van der Waals surface area contributed by atoms with Gasteiger partial charge >= 0.3 is 0 Å². The maximum atomic E-state index is 9.82. The molecule has 0 aliphatic carbocycles. The van der Waals surface area contributed by atoms with Gasteiger partial charge in [0.1, 0.15) is 5.65 Å². The Morgan fingerprint density at radius 1 is 1.29 bits per heavy atom. The molecule has 31 heavy (non-hydrogen) atoms. The van der Waals surface area contributed by atoms with E-state index in [9.17, 15) is 4.79 Å². The Kier molecular flexibility index (Phi) is 14.5. The van der Waals surface area contributed by atoms with Crippen LogP contribution in [-0.4, -0.2) is 38.9 Å². The number of carbonyl (C=O) groups is 1. The van der Waals surface area contributed by atoms with Crippen molar-refractivity contribution in [2.75, 3.05) is 6.54 Å². The van der Waals surface area contributed by atoms with Crippen molar-refractivity contribution in [1.82, 2.24) is 25.1 Å². The molecule has 0 saturated carbocycles. The molecule has 0 unspecified atom stereocenters. The van der Waals surface area contributed by atoms with Crippen LogP contribution < -0.4 is 5.32 Å². The van der Waals surface area contributed by atoms with Gasteiger partial charge < -0.3 is 9.88 Å². The summed E-state index contributed by atoms with van der Waals surface area (Å²) in [4.78, 5) is 18.4. The highest BCUT2D eigenvalue weighted by molar-refractivity contribution is 5.80. The lowest BCUT2D eigenvalue weighted by molar-refractivity contribution is -0.109. The van der Waals surface area contributed by atoms with Gasteiger partial charge in [0.05, 0.1) is 24.1 Å². The standard InChI is InChI=1S/C12H12N4.C8H12N2O.2C2H6/c1-8-5-9-3-4-11(10-6-13-14-7-10)15-12(9)16(8)2;1-3-4-5-10-8(2)6-9-7-11;2*1-2/h3-7H,1-2H3,(H,13,14);3-5,7H,2,6H2,1H3,(H,9,11);2*1-2H3/b;4-3-,10-5?;;. The van der Waals surface area contributed by atoms with Crippen LogP contribution in [0, 0.1) is 6.92 Å². The van der Waals surface area contributed by atoms with Gasteiger partial charge in [-0.3, -0.25) is 14.9 Å². The maximum Gasteiger partial charge on any atom is 0.207 e. The van der Waals surface area contributed by atoms with Crippen LogP contribution >= 0.6 is 0 Å². The van der Waals surface area contributed by atoms with E-state index in [-0.39, 0.29) is 0 Å². The Hall–Kier alpha value is -3.48. The Bertz CT molecular complexity index is 952. The fourth-order valence-electron chi connectivity index (χ4n) is 2.32. The van der Waals surface area contributed by atoms with Crippen molar-refractivity contribution >= 4 is 23.7 Å². The third-order valence-electron chi connectivity index (χ3n) is 3.84. The van der Waals surface area contributed by atoms with E-state index in [1.54, 1.807) is 18.5 Å². The fourth-order valence-corrected chi connectivity index (χ4v) is 2.32. The molecule has 0 saturated heterocycles. The summed E-state index contributed by atoms with van der Waals surface area (Å²) in [7, 11) is 2.03. The number of carbonyl (C=O) groups excluding carboxylic acids is 1. The highest BCUT2D eigenvalue weighted by Crippen LogP contribution is 2.21. The molecular weight excluding hydrogens is 388 g/mol. The molecule has 3 heterocycles. The predicted molar refractivity (Wildman–Crippen MR) is 132 cm³/mol. The molecule has 0 bridgehead atoms. The summed E-state index contributed by atoms with van der Waals surface area (Å²) in [5, 5.41) is 10.4. The zero-order chi connectivity index (χ0) is 23.6. The Balaban J connectivity index is 0.000000531. The molecule has 3 aromatic rings. The number of pyridine rings is 1. The zero-order valence-corrected chi connectivity index (χ0v) is 19.8. The fraction of sp³-hybridized carbons (Fsp3) is 0.333. The number of fused-ring (bicyclic) bond motifs is 1. The van der Waals surface area contributed by atoms with Crippen molar-refractivity contribution in [2.24, 2.45) is 12.0 Å². The van der Waals surface area contributed by atoms with Crippen molar-refractivity contribution in [3.8, 4) is 11.3 Å². The average molecular weight is 425 g/mol. The first-order chi connectivity index (χ1) is 15.1. The molecule has 0 radical (unpaired) electrons. The lowest BCUT2D eigenvalue weighted by atomic mass is 10.2. The van der Waals surface area contributed by atoms with E-state index >= 15 is 0 Å². The number of rotatable bonds is 6. The third-order valence-corrected chi connectivity index (χ3v) is 3.84. The minimum absolute atomic E-state index is 0.400. The van der Waals surface area contributed by atoms with Crippen LogP contribution in [0.4, 0.5) is 0 Å². The maximum absolute atomic E-state index is 9.82. The van der Waals surface area contributed by atoms with Crippen LogP contribution in [0.1, 0.15) is 40.3 Å². The van der Waals surface area contributed by atoms with Gasteiger partial charge in [-0.15, -0.1) is 0 Å². The molecular formula is C24H36N6O. The second-order valence-corrected chi connectivity index (χ2v) is 5.81. The van der Waals surface area contributed by atoms with Gasteiger partial charge in [0.2, 0.25) is 6.41 Å². The Labute approximate surface area is 186 Å². The summed E-state index contributed by atoms with van der Waals surface area (Å²) in [5.74, 6) is 0. The first kappa shape index (κ1) is 27.5. The van der Waals surface area contributed by atoms with E-state index in [0.717, 1.165) is 16.9 Å².